The number of halogens is 2. The second kappa shape index (κ2) is 8.94. The van der Waals surface area contributed by atoms with Gasteiger partial charge in [0.15, 0.2) is 0 Å². The van der Waals surface area contributed by atoms with Gasteiger partial charge in [-0.3, -0.25) is 4.90 Å². The van der Waals surface area contributed by atoms with Crippen molar-refractivity contribution in [1.29, 1.82) is 0 Å². The number of aliphatic hydroxyl groups excluding tert-OH is 1. The number of alkyl halides is 2. The van der Waals surface area contributed by atoms with Crippen LogP contribution in [-0.2, 0) is 0 Å². The van der Waals surface area contributed by atoms with E-state index in [9.17, 15) is 13.9 Å². The summed E-state index contributed by atoms with van der Waals surface area (Å²) in [5.74, 6) is -2.58. The Bertz CT molecular complexity index is 1400. The number of hydrogen-bond acceptors (Lipinski definition) is 7. The van der Waals surface area contributed by atoms with Crippen molar-refractivity contribution in [1.82, 2.24) is 24.5 Å². The summed E-state index contributed by atoms with van der Waals surface area (Å²) in [5, 5.41) is 17.7. The smallest absolute Gasteiger partial charge is 0.337 e. The van der Waals surface area contributed by atoms with Gasteiger partial charge in [-0.2, -0.15) is 4.98 Å². The molecule has 10 heteroatoms. The van der Waals surface area contributed by atoms with Gasteiger partial charge in [-0.25, -0.2) is 18.3 Å². The lowest BCUT2D eigenvalue weighted by Crippen LogP contribution is -2.31. The fraction of sp³-hybridized carbons (Fsp3) is 0.423. The Morgan fingerprint density at radius 2 is 1.92 bits per heavy atom. The van der Waals surface area contributed by atoms with Crippen LogP contribution in [0.3, 0.4) is 0 Å². The molecule has 1 aliphatic heterocycles. The first kappa shape index (κ1) is 24.3. The highest BCUT2D eigenvalue weighted by atomic mass is 19.3. The molecule has 0 bridgehead atoms. The van der Waals surface area contributed by atoms with Crippen LogP contribution in [0.1, 0.15) is 44.6 Å². The van der Waals surface area contributed by atoms with E-state index in [2.05, 4.69) is 15.1 Å². The third kappa shape index (κ3) is 4.83. The van der Waals surface area contributed by atoms with Crippen molar-refractivity contribution in [2.75, 3.05) is 20.2 Å². The Labute approximate surface area is 207 Å². The van der Waals surface area contributed by atoms with Gasteiger partial charge in [0.05, 0.1) is 18.4 Å². The number of imidazole rings is 1. The second-order valence-electron chi connectivity index (χ2n) is 10.2. The molecule has 0 spiro atoms. The summed E-state index contributed by atoms with van der Waals surface area (Å²) in [6, 6.07) is 13.0. The Kier molecular flexibility index (Phi) is 6.04. The van der Waals surface area contributed by atoms with E-state index in [4.69, 9.17) is 9.47 Å². The van der Waals surface area contributed by atoms with E-state index in [-0.39, 0.29) is 31.5 Å². The molecule has 5 rings (SSSR count). The van der Waals surface area contributed by atoms with Gasteiger partial charge >= 0.3 is 6.01 Å². The first-order valence-electron chi connectivity index (χ1n) is 11.8. The van der Waals surface area contributed by atoms with Gasteiger partial charge in [-0.1, -0.05) is 42.5 Å². The summed E-state index contributed by atoms with van der Waals surface area (Å²) in [6.07, 6.45) is 0.185. The number of rotatable bonds is 6. The second-order valence-corrected chi connectivity index (χ2v) is 10.2. The number of likely N-dealkylation sites (N-methyl/N-ethyl adjacent to an activating group) is 1. The molecule has 3 heterocycles. The first-order chi connectivity index (χ1) is 17.0. The fourth-order valence-corrected chi connectivity index (χ4v) is 4.52. The SMILES string of the molecule is CN1CC(F)(F)C[C@H]1COc1nc(OC(C)(C)C)c2ncc(C(O)c3cccc4ccccc34)n2n1. The highest BCUT2D eigenvalue weighted by molar-refractivity contribution is 5.86. The number of fused-ring (bicyclic) bond motifs is 2. The van der Waals surface area contributed by atoms with Crippen LogP contribution in [0.4, 0.5) is 8.78 Å². The highest BCUT2D eigenvalue weighted by Gasteiger charge is 2.43. The van der Waals surface area contributed by atoms with Crippen LogP contribution in [0, 0.1) is 0 Å². The zero-order valence-electron chi connectivity index (χ0n) is 20.7. The van der Waals surface area contributed by atoms with Gasteiger partial charge in [-0.15, -0.1) is 5.10 Å². The van der Waals surface area contributed by atoms with Gasteiger partial charge < -0.3 is 14.6 Å². The largest absolute Gasteiger partial charge is 0.469 e. The van der Waals surface area contributed by atoms with Gasteiger partial charge in [0.25, 0.3) is 11.8 Å². The minimum atomic E-state index is -2.76. The molecule has 1 saturated heterocycles. The van der Waals surface area contributed by atoms with Crippen molar-refractivity contribution < 1.29 is 23.4 Å². The summed E-state index contributed by atoms with van der Waals surface area (Å²) in [4.78, 5) is 10.4. The third-order valence-corrected chi connectivity index (χ3v) is 6.18. The van der Waals surface area contributed by atoms with Gasteiger partial charge in [0.2, 0.25) is 5.65 Å². The van der Waals surface area contributed by atoms with E-state index < -0.39 is 23.7 Å². The molecular weight excluding hydrogens is 468 g/mol. The predicted octanol–water partition coefficient (Wildman–Crippen LogP) is 4.25. The minimum absolute atomic E-state index is 0.0114. The molecule has 1 N–H and O–H groups in total. The Morgan fingerprint density at radius 1 is 1.17 bits per heavy atom. The van der Waals surface area contributed by atoms with Crippen molar-refractivity contribution in [2.24, 2.45) is 0 Å². The van der Waals surface area contributed by atoms with Crippen molar-refractivity contribution in [3.63, 3.8) is 0 Å². The third-order valence-electron chi connectivity index (χ3n) is 6.18. The predicted molar refractivity (Wildman–Crippen MR) is 131 cm³/mol. The molecular formula is C26H29F2N5O3. The summed E-state index contributed by atoms with van der Waals surface area (Å²) < 4.78 is 40.9. The molecule has 4 aromatic rings. The van der Waals surface area contributed by atoms with Gasteiger partial charge in [0.1, 0.15) is 18.3 Å². The van der Waals surface area contributed by atoms with E-state index in [1.165, 1.54) is 10.7 Å². The van der Waals surface area contributed by atoms with Crippen LogP contribution in [-0.4, -0.2) is 67.4 Å². The summed E-state index contributed by atoms with van der Waals surface area (Å²) in [5.41, 5.74) is 0.817. The Balaban J connectivity index is 1.53. The fourth-order valence-electron chi connectivity index (χ4n) is 4.52. The number of likely N-dealkylation sites (tertiary alicyclic amines) is 1. The van der Waals surface area contributed by atoms with Crippen molar-refractivity contribution in [2.45, 2.75) is 50.9 Å². The van der Waals surface area contributed by atoms with Crippen LogP contribution in [0.2, 0.25) is 0 Å². The molecule has 0 aliphatic carbocycles. The summed E-state index contributed by atoms with van der Waals surface area (Å²) in [6.45, 7) is 5.29. The van der Waals surface area contributed by atoms with E-state index in [1.807, 2.05) is 63.2 Å². The molecule has 36 heavy (non-hydrogen) atoms. The molecule has 8 nitrogen and oxygen atoms in total. The number of aromatic nitrogens is 4. The average molecular weight is 498 g/mol. The Morgan fingerprint density at radius 3 is 2.64 bits per heavy atom. The molecule has 0 radical (unpaired) electrons. The number of hydrogen-bond donors (Lipinski definition) is 1. The first-order valence-corrected chi connectivity index (χ1v) is 11.8. The van der Waals surface area contributed by atoms with E-state index in [1.54, 1.807) is 11.9 Å². The molecule has 2 aromatic heterocycles. The molecule has 1 fully saturated rings. The highest BCUT2D eigenvalue weighted by Crippen LogP contribution is 2.33. The van der Waals surface area contributed by atoms with Gasteiger partial charge in [0, 0.05) is 12.5 Å². The van der Waals surface area contributed by atoms with Crippen LogP contribution in [0.5, 0.6) is 11.9 Å². The maximum Gasteiger partial charge on any atom is 0.337 e. The number of ether oxygens (including phenoxy) is 2. The van der Waals surface area contributed by atoms with Crippen LogP contribution in [0.25, 0.3) is 16.4 Å². The lowest BCUT2D eigenvalue weighted by atomic mass is 9.99. The molecule has 1 aliphatic rings. The summed E-state index contributed by atoms with van der Waals surface area (Å²) >= 11 is 0. The molecule has 190 valence electrons. The van der Waals surface area contributed by atoms with Crippen LogP contribution >= 0.6 is 0 Å². The van der Waals surface area contributed by atoms with Crippen LogP contribution < -0.4 is 9.47 Å². The van der Waals surface area contributed by atoms with Crippen molar-refractivity contribution in [3.05, 3.63) is 59.9 Å². The number of benzene rings is 2. The average Bonchev–Trinajstić information content (AvgIpc) is 3.35. The zero-order valence-corrected chi connectivity index (χ0v) is 20.7. The maximum atomic E-state index is 13.8. The molecule has 0 amide bonds. The zero-order chi connectivity index (χ0) is 25.7. The number of aliphatic hydroxyl groups is 1. The quantitative estimate of drug-likeness (QED) is 0.426. The summed E-state index contributed by atoms with van der Waals surface area (Å²) in [7, 11) is 1.64. The standard InChI is InChI=1S/C26H29F2N5O3/c1-25(2,3)36-23-22-29-13-20(21(34)19-11-7-9-16-8-5-6-10-18(16)19)33(22)31-24(30-23)35-14-17-12-26(27,28)15-32(17)4/h5-11,13,17,21,34H,12,14-15H2,1-4H3/t17-,21?/m0/s1. The van der Waals surface area contributed by atoms with E-state index >= 15 is 0 Å². The molecule has 2 atom stereocenters. The minimum Gasteiger partial charge on any atom is -0.469 e. The Hall–Kier alpha value is -3.37. The van der Waals surface area contributed by atoms with Crippen molar-refractivity contribution >= 4 is 16.4 Å². The van der Waals surface area contributed by atoms with E-state index in [0.29, 0.717) is 16.9 Å². The lowest BCUT2D eigenvalue weighted by molar-refractivity contribution is 0.0136. The van der Waals surface area contributed by atoms with Crippen LogP contribution in [0.15, 0.2) is 48.7 Å². The van der Waals surface area contributed by atoms with Crippen molar-refractivity contribution in [3.8, 4) is 11.9 Å². The molecule has 0 saturated carbocycles. The lowest BCUT2D eigenvalue weighted by Gasteiger charge is -2.22. The number of nitrogens with zero attached hydrogens (tertiary/aromatic N) is 5. The molecule has 2 aromatic carbocycles. The normalized spacial score (nSPS) is 19.1. The molecule has 1 unspecified atom stereocenters. The maximum absolute atomic E-state index is 13.8. The van der Waals surface area contributed by atoms with E-state index in [0.717, 1.165) is 10.8 Å². The van der Waals surface area contributed by atoms with Gasteiger partial charge in [-0.05, 0) is 44.2 Å². The topological polar surface area (TPSA) is 85.0 Å². The monoisotopic (exact) mass is 497 g/mol.